The maximum Gasteiger partial charge on any atom is 0.237 e. The number of hydrogen-bond donors (Lipinski definition) is 2. The first-order valence-corrected chi connectivity index (χ1v) is 6.62. The van der Waals surface area contributed by atoms with E-state index in [4.69, 9.17) is 5.73 Å². The second kappa shape index (κ2) is 5.83. The number of piperidine rings is 1. The predicted molar refractivity (Wildman–Crippen MR) is 70.7 cm³/mol. The van der Waals surface area contributed by atoms with Crippen LogP contribution >= 0.6 is 0 Å². The maximum absolute atomic E-state index is 11.5. The molecule has 0 bridgehead atoms. The lowest BCUT2D eigenvalue weighted by molar-refractivity contribution is -0.124. The van der Waals surface area contributed by atoms with Crippen LogP contribution in [0.25, 0.3) is 0 Å². The average Bonchev–Trinajstić information content (AvgIpc) is 2.28. The molecule has 1 heterocycles. The monoisotopic (exact) mass is 241 g/mol. The molecular formula is C13H27N3O. The number of carbonyl (C=O) groups is 1. The summed E-state index contributed by atoms with van der Waals surface area (Å²) in [6.07, 6.45) is 3.35. The van der Waals surface area contributed by atoms with E-state index in [0.29, 0.717) is 6.04 Å². The zero-order valence-corrected chi connectivity index (χ0v) is 11.6. The van der Waals surface area contributed by atoms with E-state index in [9.17, 15) is 4.79 Å². The van der Waals surface area contributed by atoms with Crippen LogP contribution < -0.4 is 11.1 Å². The average molecular weight is 241 g/mol. The normalized spacial score (nSPS) is 27.4. The van der Waals surface area contributed by atoms with Crippen LogP contribution in [-0.2, 0) is 4.79 Å². The van der Waals surface area contributed by atoms with Gasteiger partial charge in [0.2, 0.25) is 5.91 Å². The predicted octanol–water partition coefficient (Wildman–Crippen LogP) is 0.960. The van der Waals surface area contributed by atoms with Crippen LogP contribution in [0.15, 0.2) is 0 Å². The molecule has 0 aromatic carbocycles. The molecule has 17 heavy (non-hydrogen) atoms. The number of nitrogens with zero attached hydrogens (tertiary/aromatic N) is 1. The molecule has 4 nitrogen and oxygen atoms in total. The van der Waals surface area contributed by atoms with Crippen molar-refractivity contribution in [3.8, 4) is 0 Å². The van der Waals surface area contributed by atoms with Crippen molar-refractivity contribution >= 4 is 5.91 Å². The van der Waals surface area contributed by atoms with Gasteiger partial charge in [-0.05, 0) is 52.6 Å². The number of hydrogen-bond acceptors (Lipinski definition) is 3. The first-order valence-electron chi connectivity index (χ1n) is 6.62. The molecule has 4 heteroatoms. The van der Waals surface area contributed by atoms with Gasteiger partial charge in [-0.15, -0.1) is 0 Å². The fourth-order valence-corrected chi connectivity index (χ4v) is 2.67. The van der Waals surface area contributed by atoms with Gasteiger partial charge in [-0.3, -0.25) is 4.79 Å². The number of amides is 1. The van der Waals surface area contributed by atoms with Gasteiger partial charge in [0.1, 0.15) is 0 Å². The molecule has 1 saturated heterocycles. The molecule has 0 radical (unpaired) electrons. The summed E-state index contributed by atoms with van der Waals surface area (Å²) in [6.45, 7) is 8.66. The highest BCUT2D eigenvalue weighted by molar-refractivity contribution is 5.84. The molecule has 0 aliphatic carbocycles. The summed E-state index contributed by atoms with van der Waals surface area (Å²) in [6, 6.07) is 0.391. The maximum atomic E-state index is 11.5. The summed E-state index contributed by atoms with van der Waals surface area (Å²) >= 11 is 0. The molecule has 1 fully saturated rings. The zero-order valence-electron chi connectivity index (χ0n) is 11.6. The Morgan fingerprint density at radius 2 is 2.29 bits per heavy atom. The number of nitrogens with two attached hydrogens (primary N) is 1. The van der Waals surface area contributed by atoms with Crippen LogP contribution in [0.3, 0.4) is 0 Å². The first-order chi connectivity index (χ1) is 7.89. The van der Waals surface area contributed by atoms with Crippen molar-refractivity contribution in [3.63, 3.8) is 0 Å². The Morgan fingerprint density at radius 3 is 2.76 bits per heavy atom. The zero-order chi connectivity index (χ0) is 13.1. The Kier molecular flexibility index (Phi) is 4.95. The van der Waals surface area contributed by atoms with E-state index < -0.39 is 5.54 Å². The van der Waals surface area contributed by atoms with Crippen LogP contribution in [0, 0.1) is 5.92 Å². The third-order valence-electron chi connectivity index (χ3n) is 4.11. The van der Waals surface area contributed by atoms with Gasteiger partial charge in [-0.2, -0.15) is 0 Å². The van der Waals surface area contributed by atoms with Crippen LogP contribution in [0.2, 0.25) is 0 Å². The van der Waals surface area contributed by atoms with Gasteiger partial charge in [-0.25, -0.2) is 0 Å². The van der Waals surface area contributed by atoms with E-state index in [1.807, 2.05) is 6.92 Å². The first kappa shape index (κ1) is 14.5. The molecule has 0 saturated carbocycles. The molecule has 3 unspecified atom stereocenters. The summed E-state index contributed by atoms with van der Waals surface area (Å²) in [5, 5.41) is 3.06. The van der Waals surface area contributed by atoms with Crippen LogP contribution in [0.5, 0.6) is 0 Å². The number of likely N-dealkylation sites (N-methyl/N-ethyl adjacent to an activating group) is 1. The van der Waals surface area contributed by atoms with Crippen LogP contribution in [0.4, 0.5) is 0 Å². The summed E-state index contributed by atoms with van der Waals surface area (Å²) in [4.78, 5) is 14.0. The molecule has 1 rings (SSSR count). The molecular weight excluding hydrogens is 214 g/mol. The summed E-state index contributed by atoms with van der Waals surface area (Å²) in [5.41, 5.74) is 4.87. The second-order valence-corrected chi connectivity index (χ2v) is 5.74. The summed E-state index contributed by atoms with van der Waals surface area (Å²) < 4.78 is 0. The SMILES string of the molecule is CNC(C)(CC(C)N1CCCC(C)C1)C(N)=O. The lowest BCUT2D eigenvalue weighted by Crippen LogP contribution is -2.55. The fraction of sp³-hybridized carbons (Fsp3) is 0.923. The minimum absolute atomic E-state index is 0.267. The fourth-order valence-electron chi connectivity index (χ4n) is 2.67. The van der Waals surface area contributed by atoms with Gasteiger partial charge >= 0.3 is 0 Å². The number of carbonyl (C=O) groups excluding carboxylic acids is 1. The highest BCUT2D eigenvalue weighted by Crippen LogP contribution is 2.22. The van der Waals surface area contributed by atoms with Crippen molar-refractivity contribution in [1.82, 2.24) is 10.2 Å². The Balaban J connectivity index is 2.58. The summed E-state index contributed by atoms with van der Waals surface area (Å²) in [7, 11) is 1.80. The molecule has 1 aliphatic rings. The lowest BCUT2D eigenvalue weighted by atomic mass is 9.90. The van der Waals surface area contributed by atoms with Crippen molar-refractivity contribution in [3.05, 3.63) is 0 Å². The number of primary amides is 1. The van der Waals surface area contributed by atoms with Crippen molar-refractivity contribution in [1.29, 1.82) is 0 Å². The number of rotatable bonds is 5. The number of likely N-dealkylation sites (tertiary alicyclic amines) is 1. The third-order valence-corrected chi connectivity index (χ3v) is 4.11. The topological polar surface area (TPSA) is 58.4 Å². The second-order valence-electron chi connectivity index (χ2n) is 5.74. The standard InChI is InChI=1S/C13H27N3O/c1-10-6-5-7-16(9-10)11(2)8-13(3,15-4)12(14)17/h10-11,15H,5-9H2,1-4H3,(H2,14,17). The van der Waals surface area contributed by atoms with Gasteiger partial charge < -0.3 is 16.0 Å². The minimum atomic E-state index is -0.597. The molecule has 1 amide bonds. The van der Waals surface area contributed by atoms with Gasteiger partial charge in [0, 0.05) is 12.6 Å². The molecule has 1 aliphatic heterocycles. The Morgan fingerprint density at radius 1 is 1.65 bits per heavy atom. The van der Waals surface area contributed by atoms with E-state index >= 15 is 0 Å². The molecule has 3 N–H and O–H groups in total. The number of nitrogens with one attached hydrogen (secondary N) is 1. The third kappa shape index (κ3) is 3.68. The highest BCUT2D eigenvalue weighted by Gasteiger charge is 2.33. The molecule has 100 valence electrons. The Labute approximate surface area is 105 Å². The van der Waals surface area contributed by atoms with Crippen LogP contribution in [0.1, 0.15) is 40.0 Å². The largest absolute Gasteiger partial charge is 0.368 e. The van der Waals surface area contributed by atoms with Crippen LogP contribution in [-0.4, -0.2) is 42.5 Å². The molecule has 0 aromatic rings. The Bertz CT molecular complexity index is 269. The van der Waals surface area contributed by atoms with E-state index in [2.05, 4.69) is 24.1 Å². The quantitative estimate of drug-likeness (QED) is 0.754. The molecule has 0 aromatic heterocycles. The van der Waals surface area contributed by atoms with E-state index in [1.54, 1.807) is 7.05 Å². The molecule has 3 atom stereocenters. The van der Waals surface area contributed by atoms with Crippen molar-refractivity contribution < 1.29 is 4.79 Å². The molecule has 0 spiro atoms. The Hall–Kier alpha value is -0.610. The smallest absolute Gasteiger partial charge is 0.237 e. The van der Waals surface area contributed by atoms with Crippen molar-refractivity contribution in [2.45, 2.75) is 51.6 Å². The minimum Gasteiger partial charge on any atom is -0.368 e. The van der Waals surface area contributed by atoms with Gasteiger partial charge in [0.15, 0.2) is 0 Å². The van der Waals surface area contributed by atoms with E-state index in [-0.39, 0.29) is 5.91 Å². The van der Waals surface area contributed by atoms with Gasteiger partial charge in [-0.1, -0.05) is 6.92 Å². The lowest BCUT2D eigenvalue weighted by Gasteiger charge is -2.39. The summed E-state index contributed by atoms with van der Waals surface area (Å²) in [5.74, 6) is 0.498. The van der Waals surface area contributed by atoms with Crippen molar-refractivity contribution in [2.24, 2.45) is 11.7 Å². The van der Waals surface area contributed by atoms with Gasteiger partial charge in [0.25, 0.3) is 0 Å². The van der Waals surface area contributed by atoms with Crippen molar-refractivity contribution in [2.75, 3.05) is 20.1 Å². The van der Waals surface area contributed by atoms with E-state index in [0.717, 1.165) is 25.4 Å². The highest BCUT2D eigenvalue weighted by atomic mass is 16.1. The van der Waals surface area contributed by atoms with E-state index in [1.165, 1.54) is 12.8 Å². The van der Waals surface area contributed by atoms with Gasteiger partial charge in [0.05, 0.1) is 5.54 Å².